The van der Waals surface area contributed by atoms with Crippen molar-refractivity contribution in [3.8, 4) is 11.4 Å². The van der Waals surface area contributed by atoms with Gasteiger partial charge in [-0.15, -0.1) is 10.2 Å². The Labute approximate surface area is 150 Å². The summed E-state index contributed by atoms with van der Waals surface area (Å²) in [4.78, 5) is 12.3. The van der Waals surface area contributed by atoms with Crippen molar-refractivity contribution in [3.63, 3.8) is 0 Å². The predicted octanol–water partition coefficient (Wildman–Crippen LogP) is 2.85. The number of halogens is 1. The highest BCUT2D eigenvalue weighted by atomic mass is 35.5. The van der Waals surface area contributed by atoms with Crippen molar-refractivity contribution in [2.75, 3.05) is 5.84 Å². The fourth-order valence-electron chi connectivity index (χ4n) is 2.78. The predicted molar refractivity (Wildman–Crippen MR) is 96.3 cm³/mol. The summed E-state index contributed by atoms with van der Waals surface area (Å²) in [5, 5.41) is 12.0. The minimum atomic E-state index is -0.295. The molecular weight excluding hydrogens is 346 g/mol. The summed E-state index contributed by atoms with van der Waals surface area (Å²) in [6.45, 7) is 1.85. The zero-order chi connectivity index (χ0) is 17.1. The Morgan fingerprint density at radius 1 is 1.38 bits per heavy atom. The fourth-order valence-corrected chi connectivity index (χ4v) is 3.78. The number of carbonyl (C=O) groups is 1. The Hall–Kier alpha value is -1.73. The van der Waals surface area contributed by atoms with E-state index < -0.39 is 0 Å². The molecule has 0 aliphatic heterocycles. The molecule has 128 valence electrons. The average Bonchev–Trinajstić information content (AvgIpc) is 3.19. The summed E-state index contributed by atoms with van der Waals surface area (Å²) in [6.07, 6.45) is 4.50. The molecule has 0 bridgehead atoms. The third kappa shape index (κ3) is 3.67. The lowest BCUT2D eigenvalue weighted by Crippen LogP contribution is -2.37. The number of hydrogen-bond acceptors (Lipinski definition) is 5. The van der Waals surface area contributed by atoms with Gasteiger partial charge >= 0.3 is 0 Å². The molecule has 8 heteroatoms. The number of nitrogens with one attached hydrogen (secondary N) is 1. The number of aromatic nitrogens is 3. The van der Waals surface area contributed by atoms with E-state index in [1.165, 1.54) is 29.3 Å². The van der Waals surface area contributed by atoms with Gasteiger partial charge in [0, 0.05) is 11.6 Å². The van der Waals surface area contributed by atoms with Crippen LogP contribution in [0.5, 0.6) is 0 Å². The van der Waals surface area contributed by atoms with Gasteiger partial charge in [0.05, 0.1) is 10.3 Å². The number of rotatable bonds is 5. The number of hydrogen-bond donors (Lipinski definition) is 2. The standard InChI is InChI=1S/C16H20ClN5OS/c1-10(15(23)19-11-6-2-3-7-11)24-16-21-20-14(22(16)18)12-8-4-5-9-13(12)17/h4-5,8-11H,2-3,6-7,18H2,1H3,(H,19,23)/t10-/m1/s1. The van der Waals surface area contributed by atoms with Crippen LogP contribution in [0.2, 0.25) is 5.02 Å². The summed E-state index contributed by atoms with van der Waals surface area (Å²) >= 11 is 7.48. The van der Waals surface area contributed by atoms with E-state index in [1.54, 1.807) is 6.07 Å². The maximum Gasteiger partial charge on any atom is 0.233 e. The highest BCUT2D eigenvalue weighted by Gasteiger charge is 2.24. The molecule has 1 aromatic heterocycles. The summed E-state index contributed by atoms with van der Waals surface area (Å²) in [6, 6.07) is 7.61. The average molecular weight is 366 g/mol. The van der Waals surface area contributed by atoms with Crippen LogP contribution in [0.1, 0.15) is 32.6 Å². The van der Waals surface area contributed by atoms with Crippen LogP contribution in [0.25, 0.3) is 11.4 Å². The molecule has 6 nitrogen and oxygen atoms in total. The maximum absolute atomic E-state index is 12.3. The van der Waals surface area contributed by atoms with Crippen LogP contribution in [0.15, 0.2) is 29.4 Å². The molecule has 1 aliphatic carbocycles. The largest absolute Gasteiger partial charge is 0.352 e. The zero-order valence-electron chi connectivity index (χ0n) is 13.4. The number of amides is 1. The van der Waals surface area contributed by atoms with Gasteiger partial charge in [0.1, 0.15) is 0 Å². The van der Waals surface area contributed by atoms with Gasteiger partial charge < -0.3 is 11.2 Å². The second-order valence-corrected chi connectivity index (χ2v) is 7.62. The number of nitrogens with two attached hydrogens (primary N) is 1. The number of benzene rings is 1. The van der Waals surface area contributed by atoms with E-state index >= 15 is 0 Å². The van der Waals surface area contributed by atoms with E-state index in [9.17, 15) is 4.79 Å². The molecular formula is C16H20ClN5OS. The van der Waals surface area contributed by atoms with E-state index in [2.05, 4.69) is 15.5 Å². The van der Waals surface area contributed by atoms with Gasteiger partial charge in [0.2, 0.25) is 11.1 Å². The van der Waals surface area contributed by atoms with Crippen LogP contribution in [-0.4, -0.2) is 32.1 Å². The van der Waals surface area contributed by atoms with Crippen molar-refractivity contribution in [3.05, 3.63) is 29.3 Å². The van der Waals surface area contributed by atoms with E-state index in [1.807, 2.05) is 25.1 Å². The van der Waals surface area contributed by atoms with Crippen molar-refractivity contribution in [1.29, 1.82) is 0 Å². The second kappa shape index (κ2) is 7.44. The summed E-state index contributed by atoms with van der Waals surface area (Å²) in [5.74, 6) is 6.58. The van der Waals surface area contributed by atoms with Crippen LogP contribution in [0.3, 0.4) is 0 Å². The summed E-state index contributed by atoms with van der Waals surface area (Å²) in [5.41, 5.74) is 0.712. The second-order valence-electron chi connectivity index (χ2n) is 5.91. The first kappa shape index (κ1) is 17.1. The van der Waals surface area contributed by atoms with E-state index in [-0.39, 0.29) is 11.2 Å². The highest BCUT2D eigenvalue weighted by Crippen LogP contribution is 2.29. The van der Waals surface area contributed by atoms with Crippen molar-refractivity contribution >= 4 is 29.3 Å². The molecule has 2 aromatic rings. The molecule has 1 atom stereocenters. The van der Waals surface area contributed by atoms with E-state index in [4.69, 9.17) is 17.4 Å². The van der Waals surface area contributed by atoms with Crippen molar-refractivity contribution in [2.24, 2.45) is 0 Å². The summed E-state index contributed by atoms with van der Waals surface area (Å²) < 4.78 is 1.38. The quantitative estimate of drug-likeness (QED) is 0.628. The first-order valence-corrected chi connectivity index (χ1v) is 9.24. The summed E-state index contributed by atoms with van der Waals surface area (Å²) in [7, 11) is 0. The lowest BCUT2D eigenvalue weighted by molar-refractivity contribution is -0.120. The molecule has 0 saturated heterocycles. The van der Waals surface area contributed by atoms with Crippen LogP contribution in [-0.2, 0) is 4.79 Å². The molecule has 0 unspecified atom stereocenters. The fraction of sp³-hybridized carbons (Fsp3) is 0.438. The molecule has 1 amide bonds. The molecule has 1 aromatic carbocycles. The van der Waals surface area contributed by atoms with Gasteiger partial charge in [-0.3, -0.25) is 4.79 Å². The minimum Gasteiger partial charge on any atom is -0.352 e. The van der Waals surface area contributed by atoms with Gasteiger partial charge in [0.25, 0.3) is 0 Å². The Kier molecular flexibility index (Phi) is 5.30. The molecule has 1 saturated carbocycles. The minimum absolute atomic E-state index is 0.00851. The topological polar surface area (TPSA) is 85.8 Å². The Bertz CT molecular complexity index is 729. The van der Waals surface area contributed by atoms with Crippen molar-refractivity contribution in [2.45, 2.75) is 49.1 Å². The normalized spacial score (nSPS) is 16.2. The molecule has 1 heterocycles. The monoisotopic (exact) mass is 365 g/mol. The third-order valence-electron chi connectivity index (χ3n) is 4.13. The van der Waals surface area contributed by atoms with Crippen molar-refractivity contribution < 1.29 is 4.79 Å². The molecule has 0 spiro atoms. The third-order valence-corrected chi connectivity index (χ3v) is 5.52. The van der Waals surface area contributed by atoms with Crippen LogP contribution < -0.4 is 11.2 Å². The number of nitrogens with zero attached hydrogens (tertiary/aromatic N) is 3. The molecule has 1 aliphatic rings. The number of carbonyl (C=O) groups excluding carboxylic acids is 1. The van der Waals surface area contributed by atoms with Gasteiger partial charge in [0.15, 0.2) is 5.82 Å². The smallest absolute Gasteiger partial charge is 0.233 e. The van der Waals surface area contributed by atoms with Crippen LogP contribution in [0, 0.1) is 0 Å². The van der Waals surface area contributed by atoms with Gasteiger partial charge in [-0.05, 0) is 31.9 Å². The zero-order valence-corrected chi connectivity index (χ0v) is 15.0. The number of nitrogen functional groups attached to an aromatic ring is 1. The Morgan fingerprint density at radius 3 is 2.79 bits per heavy atom. The van der Waals surface area contributed by atoms with Crippen molar-refractivity contribution in [1.82, 2.24) is 20.2 Å². The molecule has 3 rings (SSSR count). The first-order chi connectivity index (χ1) is 11.6. The highest BCUT2D eigenvalue weighted by molar-refractivity contribution is 8.00. The first-order valence-electron chi connectivity index (χ1n) is 7.98. The van der Waals surface area contributed by atoms with Gasteiger partial charge in [-0.25, -0.2) is 4.68 Å². The molecule has 3 N–H and O–H groups in total. The van der Waals surface area contributed by atoms with E-state index in [0.29, 0.717) is 27.6 Å². The van der Waals surface area contributed by atoms with Gasteiger partial charge in [-0.1, -0.05) is 48.3 Å². The molecule has 1 fully saturated rings. The van der Waals surface area contributed by atoms with Gasteiger partial charge in [-0.2, -0.15) is 0 Å². The van der Waals surface area contributed by atoms with E-state index in [0.717, 1.165) is 12.8 Å². The lowest BCUT2D eigenvalue weighted by Gasteiger charge is -2.15. The lowest BCUT2D eigenvalue weighted by atomic mass is 10.2. The Morgan fingerprint density at radius 2 is 2.08 bits per heavy atom. The molecule has 0 radical (unpaired) electrons. The van der Waals surface area contributed by atoms with Crippen LogP contribution >= 0.6 is 23.4 Å². The number of thioether (sulfide) groups is 1. The SMILES string of the molecule is C[C@@H](Sc1nnc(-c2ccccc2Cl)n1N)C(=O)NC1CCCC1. The molecule has 24 heavy (non-hydrogen) atoms. The Balaban J connectivity index is 1.69. The maximum atomic E-state index is 12.3. The van der Waals surface area contributed by atoms with Crippen LogP contribution in [0.4, 0.5) is 0 Å².